The molecule has 1 aliphatic heterocycles. The van der Waals surface area contributed by atoms with Crippen molar-refractivity contribution < 1.29 is 22.5 Å². The molecule has 1 aliphatic rings. The first-order valence-electron chi connectivity index (χ1n) is 11.0. The second kappa shape index (κ2) is 9.58. The van der Waals surface area contributed by atoms with Crippen LogP contribution >= 0.6 is 0 Å². The Morgan fingerprint density at radius 2 is 2.03 bits per heavy atom. The zero-order valence-electron chi connectivity index (χ0n) is 19.8. The Hall–Kier alpha value is -3.98. The number of hydrogen-bond donors (Lipinski definition) is 3. The number of carbonyl (C=O) groups excluding carboxylic acids is 1. The first-order chi connectivity index (χ1) is 17.0. The summed E-state index contributed by atoms with van der Waals surface area (Å²) in [5.41, 5.74) is 0.656. The van der Waals surface area contributed by atoms with Crippen LogP contribution < -0.4 is 20.1 Å². The van der Waals surface area contributed by atoms with Crippen LogP contribution in [0.1, 0.15) is 20.8 Å². The van der Waals surface area contributed by atoms with Gasteiger partial charge in [0, 0.05) is 26.9 Å². The van der Waals surface area contributed by atoms with Crippen LogP contribution in [-0.4, -0.2) is 43.9 Å². The molecule has 0 aliphatic carbocycles. The zero-order chi connectivity index (χ0) is 26.1. The molecule has 2 aromatic carbocycles. The van der Waals surface area contributed by atoms with Crippen molar-refractivity contribution in [2.45, 2.75) is 26.9 Å². The Morgan fingerprint density at radius 1 is 1.28 bits per heavy atom. The molecule has 0 fully saturated rings. The molecule has 2 atom stereocenters. The summed E-state index contributed by atoms with van der Waals surface area (Å²) in [6.07, 6.45) is 0.192. The van der Waals surface area contributed by atoms with E-state index in [4.69, 9.17) is 10.00 Å². The fourth-order valence-corrected chi connectivity index (χ4v) is 6.68. The van der Waals surface area contributed by atoms with E-state index in [9.17, 15) is 13.4 Å². The van der Waals surface area contributed by atoms with Crippen LogP contribution in [-0.2, 0) is 14.5 Å². The summed E-state index contributed by atoms with van der Waals surface area (Å²) in [5.74, 6) is -1.32. The SMILES string of the molecule is CC(Oc1cc(F)ccc1Nc1ncnc2cc(NS3(=O)=CC(C)(C)C3)cc(F)c12)C(=O)NCC#N. The highest BCUT2D eigenvalue weighted by Gasteiger charge is 2.33. The van der Waals surface area contributed by atoms with Gasteiger partial charge in [-0.05, 0) is 36.6 Å². The van der Waals surface area contributed by atoms with Gasteiger partial charge >= 0.3 is 0 Å². The number of fused-ring (bicyclic) bond motifs is 1. The lowest BCUT2D eigenvalue weighted by molar-refractivity contribution is -0.126. The minimum Gasteiger partial charge on any atom is -0.479 e. The number of ether oxygens (including phenoxy) is 1. The van der Waals surface area contributed by atoms with Gasteiger partial charge in [-0.2, -0.15) is 5.26 Å². The topological polar surface area (TPSA) is 129 Å². The number of carbonyl (C=O) groups is 1. The van der Waals surface area contributed by atoms with E-state index in [0.717, 1.165) is 6.07 Å². The fourth-order valence-electron chi connectivity index (χ4n) is 3.94. The van der Waals surface area contributed by atoms with Gasteiger partial charge in [0.25, 0.3) is 5.91 Å². The Balaban J connectivity index is 1.63. The highest BCUT2D eigenvalue weighted by molar-refractivity contribution is 8.04. The molecule has 12 heteroatoms. The van der Waals surface area contributed by atoms with Crippen LogP contribution in [0, 0.1) is 28.4 Å². The van der Waals surface area contributed by atoms with E-state index in [1.807, 2.05) is 13.8 Å². The van der Waals surface area contributed by atoms with E-state index < -0.39 is 33.4 Å². The molecule has 1 amide bonds. The van der Waals surface area contributed by atoms with E-state index in [-0.39, 0.29) is 40.1 Å². The quantitative estimate of drug-likeness (QED) is 0.310. The van der Waals surface area contributed by atoms with Gasteiger partial charge in [-0.3, -0.25) is 4.79 Å². The second-order valence-corrected chi connectivity index (χ2v) is 11.2. The molecule has 0 saturated heterocycles. The van der Waals surface area contributed by atoms with Crippen molar-refractivity contribution in [2.24, 2.45) is 5.41 Å². The second-order valence-electron chi connectivity index (χ2n) is 9.06. The lowest BCUT2D eigenvalue weighted by atomic mass is 10.00. The lowest BCUT2D eigenvalue weighted by Gasteiger charge is -2.34. The summed E-state index contributed by atoms with van der Waals surface area (Å²) >= 11 is 0. The standard InChI is InChI=1S/C24H24F2N6O3S/c1-14(23(33)28-7-6-27)35-20-8-15(25)4-5-18(20)31-22-21-17(26)9-16(10-19(21)29-13-30-22)32-36(34)11-24(2,3)12-36/h4-5,8-11,13-14H,7,12H2,1-3H3,(H,28,33)(H,32,34)(H,29,30,31). The average Bonchev–Trinajstić information content (AvgIpc) is 2.77. The normalized spacial score (nSPS) is 18.8. The van der Waals surface area contributed by atoms with E-state index >= 15 is 4.39 Å². The lowest BCUT2D eigenvalue weighted by Crippen LogP contribution is -2.43. The minimum absolute atomic E-state index is 0.0138. The van der Waals surface area contributed by atoms with E-state index in [0.29, 0.717) is 11.4 Å². The number of rotatable bonds is 8. The maximum absolute atomic E-state index is 15.2. The molecule has 0 radical (unpaired) electrons. The zero-order valence-corrected chi connectivity index (χ0v) is 20.6. The molecule has 0 saturated carbocycles. The fraction of sp³-hybridized carbons (Fsp3) is 0.292. The van der Waals surface area contributed by atoms with Gasteiger partial charge in [-0.1, -0.05) is 13.8 Å². The molecule has 0 bridgehead atoms. The molecule has 2 heterocycles. The smallest absolute Gasteiger partial charge is 0.261 e. The van der Waals surface area contributed by atoms with Crippen molar-refractivity contribution in [2.75, 3.05) is 22.3 Å². The summed E-state index contributed by atoms with van der Waals surface area (Å²) in [6, 6.07) is 8.18. The summed E-state index contributed by atoms with van der Waals surface area (Å²) in [6.45, 7) is 5.18. The third kappa shape index (κ3) is 5.46. The third-order valence-corrected chi connectivity index (χ3v) is 8.06. The van der Waals surface area contributed by atoms with E-state index in [1.54, 1.807) is 17.5 Å². The van der Waals surface area contributed by atoms with Gasteiger partial charge in [0.05, 0.1) is 28.3 Å². The van der Waals surface area contributed by atoms with Crippen molar-refractivity contribution in [1.82, 2.24) is 15.3 Å². The van der Waals surface area contributed by atoms with Crippen LogP contribution in [0.4, 0.5) is 26.0 Å². The number of nitrogens with one attached hydrogen (secondary N) is 3. The molecule has 0 spiro atoms. The Bertz CT molecular complexity index is 1510. The Kier molecular flexibility index (Phi) is 6.69. The molecular formula is C24H24F2N6O3S. The summed E-state index contributed by atoms with van der Waals surface area (Å²) in [7, 11) is -2.43. The van der Waals surface area contributed by atoms with Crippen LogP contribution in [0.2, 0.25) is 0 Å². The van der Waals surface area contributed by atoms with Gasteiger partial charge in [0.2, 0.25) is 0 Å². The first-order valence-corrected chi connectivity index (χ1v) is 12.8. The van der Waals surface area contributed by atoms with Crippen LogP contribution in [0.3, 0.4) is 0 Å². The summed E-state index contributed by atoms with van der Waals surface area (Å²) < 4.78 is 50.5. The number of hydrogen-bond acceptors (Lipinski definition) is 7. The van der Waals surface area contributed by atoms with Crippen LogP contribution in [0.15, 0.2) is 36.7 Å². The van der Waals surface area contributed by atoms with Crippen molar-refractivity contribution in [3.8, 4) is 11.8 Å². The summed E-state index contributed by atoms with van der Waals surface area (Å²) in [4.78, 5) is 20.3. The Labute approximate surface area is 207 Å². The molecular weight excluding hydrogens is 490 g/mol. The molecule has 4 rings (SSSR count). The molecule has 2 unspecified atom stereocenters. The first kappa shape index (κ1) is 25.1. The maximum Gasteiger partial charge on any atom is 0.261 e. The van der Waals surface area contributed by atoms with Gasteiger partial charge in [0.15, 0.2) is 6.10 Å². The highest BCUT2D eigenvalue weighted by atomic mass is 32.2. The molecule has 3 aromatic rings. The predicted octanol–water partition coefficient (Wildman–Crippen LogP) is 3.51. The van der Waals surface area contributed by atoms with Crippen molar-refractivity contribution in [1.29, 1.82) is 5.26 Å². The highest BCUT2D eigenvalue weighted by Crippen LogP contribution is 2.34. The van der Waals surface area contributed by atoms with E-state index in [2.05, 4.69) is 25.3 Å². The number of halogens is 2. The molecule has 9 nitrogen and oxygen atoms in total. The largest absolute Gasteiger partial charge is 0.479 e. The number of benzene rings is 2. The van der Waals surface area contributed by atoms with Crippen molar-refractivity contribution in [3.05, 3.63) is 48.3 Å². The average molecular weight is 515 g/mol. The number of amides is 1. The van der Waals surface area contributed by atoms with Crippen molar-refractivity contribution in [3.63, 3.8) is 0 Å². The summed E-state index contributed by atoms with van der Waals surface area (Å²) in [5, 5.41) is 15.7. The number of anilines is 3. The Morgan fingerprint density at radius 3 is 2.72 bits per heavy atom. The number of aromatic nitrogens is 2. The van der Waals surface area contributed by atoms with E-state index in [1.165, 1.54) is 31.5 Å². The number of nitrogens with zero attached hydrogens (tertiary/aromatic N) is 3. The van der Waals surface area contributed by atoms with Gasteiger partial charge < -0.3 is 20.1 Å². The minimum atomic E-state index is -2.43. The maximum atomic E-state index is 15.2. The molecule has 1 aromatic heterocycles. The molecule has 36 heavy (non-hydrogen) atoms. The van der Waals surface area contributed by atoms with Gasteiger partial charge in [-0.25, -0.2) is 23.0 Å². The van der Waals surface area contributed by atoms with Crippen LogP contribution in [0.25, 0.3) is 10.9 Å². The molecule has 3 N–H and O–H groups in total. The van der Waals surface area contributed by atoms with Gasteiger partial charge in [-0.15, -0.1) is 0 Å². The monoisotopic (exact) mass is 514 g/mol. The van der Waals surface area contributed by atoms with Crippen LogP contribution in [0.5, 0.6) is 5.75 Å². The van der Waals surface area contributed by atoms with Gasteiger partial charge in [0.1, 0.15) is 36.1 Å². The molecule has 188 valence electrons. The predicted molar refractivity (Wildman–Crippen MR) is 134 cm³/mol. The third-order valence-electron chi connectivity index (χ3n) is 5.29. The number of nitriles is 1. The van der Waals surface area contributed by atoms with Crippen molar-refractivity contribution >= 4 is 49.1 Å².